The van der Waals surface area contributed by atoms with Gasteiger partial charge in [-0.2, -0.15) is 0 Å². The topological polar surface area (TPSA) is 53.7 Å². The molecule has 1 atom stereocenters. The standard InChI is InChI=1S/C16H19NO3/c1-11(17)12-4-6-13(7-5-12)20-16-9-14(18-2)8-15(10-16)19-3/h4-11H,17H2,1-3H3/t11-/m0/s1. The van der Waals surface area contributed by atoms with Gasteiger partial charge in [0.2, 0.25) is 0 Å². The molecule has 0 heterocycles. The van der Waals surface area contributed by atoms with E-state index in [1.165, 1.54) is 0 Å². The Morgan fingerprint density at radius 1 is 0.800 bits per heavy atom. The van der Waals surface area contributed by atoms with Crippen molar-refractivity contribution in [3.05, 3.63) is 48.0 Å². The number of benzene rings is 2. The van der Waals surface area contributed by atoms with E-state index >= 15 is 0 Å². The van der Waals surface area contributed by atoms with Crippen molar-refractivity contribution in [3.63, 3.8) is 0 Å². The van der Waals surface area contributed by atoms with Crippen molar-refractivity contribution >= 4 is 0 Å². The highest BCUT2D eigenvalue weighted by atomic mass is 16.5. The van der Waals surface area contributed by atoms with Gasteiger partial charge in [0.15, 0.2) is 0 Å². The number of hydrogen-bond acceptors (Lipinski definition) is 4. The Labute approximate surface area is 119 Å². The van der Waals surface area contributed by atoms with E-state index in [0.29, 0.717) is 17.2 Å². The minimum Gasteiger partial charge on any atom is -0.496 e. The molecule has 0 fully saturated rings. The van der Waals surface area contributed by atoms with Crippen LogP contribution in [0.1, 0.15) is 18.5 Å². The van der Waals surface area contributed by atoms with Crippen LogP contribution < -0.4 is 19.9 Å². The van der Waals surface area contributed by atoms with Gasteiger partial charge in [-0.15, -0.1) is 0 Å². The number of hydrogen-bond donors (Lipinski definition) is 1. The van der Waals surface area contributed by atoms with E-state index in [9.17, 15) is 0 Å². The zero-order valence-corrected chi connectivity index (χ0v) is 11.9. The molecule has 0 saturated heterocycles. The van der Waals surface area contributed by atoms with E-state index < -0.39 is 0 Å². The summed E-state index contributed by atoms with van der Waals surface area (Å²) in [6, 6.07) is 13.1. The van der Waals surface area contributed by atoms with Crippen molar-refractivity contribution in [2.24, 2.45) is 5.73 Å². The molecule has 0 amide bonds. The van der Waals surface area contributed by atoms with Gasteiger partial charge in [0.25, 0.3) is 0 Å². The summed E-state index contributed by atoms with van der Waals surface area (Å²) in [5.74, 6) is 2.78. The summed E-state index contributed by atoms with van der Waals surface area (Å²) in [5.41, 5.74) is 6.89. The van der Waals surface area contributed by atoms with Crippen LogP contribution in [0.15, 0.2) is 42.5 Å². The van der Waals surface area contributed by atoms with E-state index in [4.69, 9.17) is 19.9 Å². The van der Waals surface area contributed by atoms with Crippen LogP contribution in [0.2, 0.25) is 0 Å². The Hall–Kier alpha value is -2.20. The number of nitrogens with two attached hydrogens (primary N) is 1. The molecule has 0 aliphatic rings. The highest BCUT2D eigenvalue weighted by Gasteiger charge is 2.05. The van der Waals surface area contributed by atoms with E-state index in [-0.39, 0.29) is 6.04 Å². The second-order valence-corrected chi connectivity index (χ2v) is 4.51. The Morgan fingerprint density at radius 3 is 1.75 bits per heavy atom. The lowest BCUT2D eigenvalue weighted by molar-refractivity contribution is 0.386. The summed E-state index contributed by atoms with van der Waals surface area (Å²) in [7, 11) is 3.21. The molecule has 0 radical (unpaired) electrons. The van der Waals surface area contributed by atoms with Crippen molar-refractivity contribution < 1.29 is 14.2 Å². The normalized spacial score (nSPS) is 11.8. The average molecular weight is 273 g/mol. The van der Waals surface area contributed by atoms with Crippen LogP contribution in [0.3, 0.4) is 0 Å². The summed E-state index contributed by atoms with van der Waals surface area (Å²) in [5, 5.41) is 0. The first kappa shape index (κ1) is 14.2. The van der Waals surface area contributed by atoms with Crippen LogP contribution in [-0.4, -0.2) is 14.2 Å². The molecule has 20 heavy (non-hydrogen) atoms. The van der Waals surface area contributed by atoms with Crippen LogP contribution in [0, 0.1) is 0 Å². The summed E-state index contributed by atoms with van der Waals surface area (Å²) < 4.78 is 16.2. The van der Waals surface area contributed by atoms with Crippen molar-refractivity contribution in [2.45, 2.75) is 13.0 Å². The van der Waals surface area contributed by atoms with Crippen molar-refractivity contribution in [1.29, 1.82) is 0 Å². The fourth-order valence-electron chi connectivity index (χ4n) is 1.82. The second-order valence-electron chi connectivity index (χ2n) is 4.51. The fraction of sp³-hybridized carbons (Fsp3) is 0.250. The Kier molecular flexibility index (Phi) is 4.48. The highest BCUT2D eigenvalue weighted by molar-refractivity contribution is 5.44. The molecule has 0 unspecified atom stereocenters. The molecule has 2 aromatic carbocycles. The first-order valence-electron chi connectivity index (χ1n) is 6.39. The van der Waals surface area contributed by atoms with Crippen molar-refractivity contribution in [1.82, 2.24) is 0 Å². The molecular weight excluding hydrogens is 254 g/mol. The molecule has 4 nitrogen and oxygen atoms in total. The van der Waals surface area contributed by atoms with Crippen molar-refractivity contribution in [3.8, 4) is 23.0 Å². The van der Waals surface area contributed by atoms with Crippen LogP contribution in [0.4, 0.5) is 0 Å². The minimum atomic E-state index is 0.0148. The first-order chi connectivity index (χ1) is 9.62. The van der Waals surface area contributed by atoms with Crippen molar-refractivity contribution in [2.75, 3.05) is 14.2 Å². The molecule has 0 aliphatic heterocycles. The molecule has 4 heteroatoms. The maximum absolute atomic E-state index is 5.82. The molecule has 2 aromatic rings. The predicted molar refractivity (Wildman–Crippen MR) is 78.7 cm³/mol. The molecule has 0 bridgehead atoms. The zero-order chi connectivity index (χ0) is 14.5. The van der Waals surface area contributed by atoms with E-state index in [1.807, 2.05) is 43.3 Å². The smallest absolute Gasteiger partial charge is 0.134 e. The maximum atomic E-state index is 5.82. The van der Waals surface area contributed by atoms with E-state index in [1.54, 1.807) is 20.3 Å². The fourth-order valence-corrected chi connectivity index (χ4v) is 1.82. The van der Waals surface area contributed by atoms with Crippen LogP contribution >= 0.6 is 0 Å². The molecule has 106 valence electrons. The number of ether oxygens (including phenoxy) is 3. The maximum Gasteiger partial charge on any atom is 0.134 e. The lowest BCUT2D eigenvalue weighted by Gasteiger charge is -2.11. The molecule has 0 spiro atoms. The van der Waals surface area contributed by atoms with Gasteiger partial charge in [-0.1, -0.05) is 12.1 Å². The van der Waals surface area contributed by atoms with Gasteiger partial charge in [0, 0.05) is 24.2 Å². The van der Waals surface area contributed by atoms with E-state index in [2.05, 4.69) is 0 Å². The van der Waals surface area contributed by atoms with Crippen LogP contribution in [-0.2, 0) is 0 Å². The second kappa shape index (κ2) is 6.30. The monoisotopic (exact) mass is 273 g/mol. The highest BCUT2D eigenvalue weighted by Crippen LogP contribution is 2.31. The lowest BCUT2D eigenvalue weighted by atomic mass is 10.1. The van der Waals surface area contributed by atoms with Gasteiger partial charge < -0.3 is 19.9 Å². The lowest BCUT2D eigenvalue weighted by Crippen LogP contribution is -2.04. The molecule has 2 rings (SSSR count). The van der Waals surface area contributed by atoms with Gasteiger partial charge in [-0.25, -0.2) is 0 Å². The quantitative estimate of drug-likeness (QED) is 0.905. The zero-order valence-electron chi connectivity index (χ0n) is 11.9. The van der Waals surface area contributed by atoms with Gasteiger partial charge >= 0.3 is 0 Å². The SMILES string of the molecule is COc1cc(OC)cc(Oc2ccc([C@H](C)N)cc2)c1. The molecular formula is C16H19NO3. The Balaban J connectivity index is 2.20. The summed E-state index contributed by atoms with van der Waals surface area (Å²) >= 11 is 0. The Morgan fingerprint density at radius 2 is 1.30 bits per heavy atom. The van der Waals surface area contributed by atoms with Gasteiger partial charge in [-0.3, -0.25) is 0 Å². The molecule has 0 aromatic heterocycles. The van der Waals surface area contributed by atoms with Gasteiger partial charge in [0.05, 0.1) is 14.2 Å². The van der Waals surface area contributed by atoms with E-state index in [0.717, 1.165) is 11.3 Å². The third-order valence-electron chi connectivity index (χ3n) is 2.97. The third kappa shape index (κ3) is 3.42. The van der Waals surface area contributed by atoms with Crippen LogP contribution in [0.25, 0.3) is 0 Å². The molecule has 0 aliphatic carbocycles. The molecule has 2 N–H and O–H groups in total. The average Bonchev–Trinajstić information content (AvgIpc) is 2.47. The largest absolute Gasteiger partial charge is 0.496 e. The minimum absolute atomic E-state index is 0.0148. The summed E-state index contributed by atoms with van der Waals surface area (Å²) in [6.45, 7) is 1.95. The van der Waals surface area contributed by atoms with Gasteiger partial charge in [-0.05, 0) is 24.6 Å². The summed E-state index contributed by atoms with van der Waals surface area (Å²) in [6.07, 6.45) is 0. The van der Waals surface area contributed by atoms with Crippen LogP contribution in [0.5, 0.6) is 23.0 Å². The summed E-state index contributed by atoms with van der Waals surface area (Å²) in [4.78, 5) is 0. The Bertz CT molecular complexity index is 542. The molecule has 0 saturated carbocycles. The first-order valence-corrected chi connectivity index (χ1v) is 6.39. The predicted octanol–water partition coefficient (Wildman–Crippen LogP) is 3.52. The number of methoxy groups -OCH3 is 2. The number of rotatable bonds is 5. The van der Waals surface area contributed by atoms with Gasteiger partial charge in [0.1, 0.15) is 23.0 Å². The third-order valence-corrected chi connectivity index (χ3v) is 2.97.